The van der Waals surface area contributed by atoms with E-state index in [0.29, 0.717) is 6.61 Å². The van der Waals surface area contributed by atoms with E-state index in [1.807, 2.05) is 13.0 Å². The van der Waals surface area contributed by atoms with Crippen LogP contribution in [0, 0.1) is 11.9 Å². The SMILES string of the molecule is CCOc1c[c]ccc1Nc1ccc(F)cc1. The first-order chi connectivity index (χ1) is 8.29. The molecular formula is C14H13FNO. The molecule has 17 heavy (non-hydrogen) atoms. The van der Waals surface area contributed by atoms with Crippen LogP contribution in [0.1, 0.15) is 6.92 Å². The van der Waals surface area contributed by atoms with Gasteiger partial charge in [0.2, 0.25) is 0 Å². The van der Waals surface area contributed by atoms with E-state index in [0.717, 1.165) is 17.1 Å². The Hall–Kier alpha value is -2.03. The van der Waals surface area contributed by atoms with E-state index in [1.165, 1.54) is 12.1 Å². The van der Waals surface area contributed by atoms with Crippen LogP contribution >= 0.6 is 0 Å². The topological polar surface area (TPSA) is 21.3 Å². The molecule has 2 nitrogen and oxygen atoms in total. The molecule has 0 bridgehead atoms. The molecule has 87 valence electrons. The molecule has 2 aromatic carbocycles. The minimum Gasteiger partial charge on any atom is -0.492 e. The van der Waals surface area contributed by atoms with E-state index in [9.17, 15) is 4.39 Å². The average molecular weight is 230 g/mol. The molecule has 0 aliphatic carbocycles. The number of rotatable bonds is 4. The fourth-order valence-corrected chi connectivity index (χ4v) is 1.48. The monoisotopic (exact) mass is 230 g/mol. The Morgan fingerprint density at radius 1 is 1.24 bits per heavy atom. The second-order valence-corrected chi connectivity index (χ2v) is 3.49. The molecule has 1 N–H and O–H groups in total. The van der Waals surface area contributed by atoms with Crippen molar-refractivity contribution in [3.63, 3.8) is 0 Å². The maximum Gasteiger partial charge on any atom is 0.143 e. The highest BCUT2D eigenvalue weighted by molar-refractivity contribution is 5.65. The molecule has 0 amide bonds. The number of nitrogens with one attached hydrogen (secondary N) is 1. The molecule has 0 atom stereocenters. The van der Waals surface area contributed by atoms with Gasteiger partial charge in [-0.15, -0.1) is 0 Å². The lowest BCUT2D eigenvalue weighted by atomic mass is 10.2. The number of hydrogen-bond donors (Lipinski definition) is 1. The maximum atomic E-state index is 12.8. The Morgan fingerprint density at radius 2 is 2.00 bits per heavy atom. The van der Waals surface area contributed by atoms with E-state index < -0.39 is 0 Å². The summed E-state index contributed by atoms with van der Waals surface area (Å²) in [6, 6.07) is 14.6. The quantitative estimate of drug-likeness (QED) is 0.863. The van der Waals surface area contributed by atoms with Crippen molar-refractivity contribution in [1.29, 1.82) is 0 Å². The van der Waals surface area contributed by atoms with E-state index in [1.54, 1.807) is 24.3 Å². The van der Waals surface area contributed by atoms with Gasteiger partial charge in [-0.3, -0.25) is 0 Å². The van der Waals surface area contributed by atoms with Gasteiger partial charge < -0.3 is 10.1 Å². The Balaban J connectivity index is 2.20. The van der Waals surface area contributed by atoms with E-state index in [-0.39, 0.29) is 5.82 Å². The standard InChI is InChI=1S/C14H13FNO/c1-2-17-14-6-4-3-5-13(14)16-12-9-7-11(15)8-10-12/h3,5-10,16H,2H2,1H3. The van der Waals surface area contributed by atoms with Crippen LogP contribution in [0.15, 0.2) is 42.5 Å². The molecule has 2 aromatic rings. The first-order valence-corrected chi connectivity index (χ1v) is 5.45. The summed E-state index contributed by atoms with van der Waals surface area (Å²) in [5.41, 5.74) is 1.66. The van der Waals surface area contributed by atoms with Gasteiger partial charge in [0, 0.05) is 5.69 Å². The van der Waals surface area contributed by atoms with Gasteiger partial charge in [0.15, 0.2) is 0 Å². The third kappa shape index (κ3) is 2.97. The fourth-order valence-electron chi connectivity index (χ4n) is 1.48. The van der Waals surface area contributed by atoms with Crippen LogP contribution in [-0.4, -0.2) is 6.61 Å². The van der Waals surface area contributed by atoms with Crippen molar-refractivity contribution in [2.75, 3.05) is 11.9 Å². The van der Waals surface area contributed by atoms with Gasteiger partial charge in [-0.05, 0) is 49.4 Å². The molecule has 0 saturated heterocycles. The van der Waals surface area contributed by atoms with Crippen molar-refractivity contribution < 1.29 is 9.13 Å². The first-order valence-electron chi connectivity index (χ1n) is 5.45. The predicted molar refractivity (Wildman–Crippen MR) is 66.1 cm³/mol. The fraction of sp³-hybridized carbons (Fsp3) is 0.143. The van der Waals surface area contributed by atoms with Crippen LogP contribution in [0.3, 0.4) is 0 Å². The van der Waals surface area contributed by atoms with Crippen molar-refractivity contribution >= 4 is 11.4 Å². The van der Waals surface area contributed by atoms with Crippen molar-refractivity contribution in [1.82, 2.24) is 0 Å². The van der Waals surface area contributed by atoms with Crippen LogP contribution in [-0.2, 0) is 0 Å². The summed E-state index contributed by atoms with van der Waals surface area (Å²) < 4.78 is 18.2. The van der Waals surface area contributed by atoms with Crippen molar-refractivity contribution in [3.05, 3.63) is 54.3 Å². The molecule has 2 rings (SSSR count). The third-order valence-corrected chi connectivity index (χ3v) is 2.25. The lowest BCUT2D eigenvalue weighted by Crippen LogP contribution is -1.97. The van der Waals surface area contributed by atoms with Crippen molar-refractivity contribution in [3.8, 4) is 5.75 Å². The van der Waals surface area contributed by atoms with Gasteiger partial charge in [0.05, 0.1) is 12.3 Å². The minimum atomic E-state index is -0.248. The first kappa shape index (κ1) is 11.5. The van der Waals surface area contributed by atoms with Gasteiger partial charge >= 0.3 is 0 Å². The van der Waals surface area contributed by atoms with Gasteiger partial charge in [-0.2, -0.15) is 0 Å². The molecule has 0 saturated carbocycles. The molecule has 0 aromatic heterocycles. The lowest BCUT2D eigenvalue weighted by molar-refractivity contribution is 0.342. The number of hydrogen-bond acceptors (Lipinski definition) is 2. The molecule has 0 aliphatic rings. The molecule has 0 aliphatic heterocycles. The Bertz CT molecular complexity index is 482. The maximum absolute atomic E-state index is 12.8. The van der Waals surface area contributed by atoms with Crippen LogP contribution in [0.5, 0.6) is 5.75 Å². The summed E-state index contributed by atoms with van der Waals surface area (Å²) in [7, 11) is 0. The van der Waals surface area contributed by atoms with Gasteiger partial charge in [0.25, 0.3) is 0 Å². The Morgan fingerprint density at radius 3 is 2.71 bits per heavy atom. The Labute approximate surface area is 100 Å². The van der Waals surface area contributed by atoms with Crippen LogP contribution in [0.25, 0.3) is 0 Å². The van der Waals surface area contributed by atoms with E-state index >= 15 is 0 Å². The molecule has 3 heteroatoms. The molecule has 0 fully saturated rings. The van der Waals surface area contributed by atoms with Crippen LogP contribution < -0.4 is 10.1 Å². The number of ether oxygens (including phenoxy) is 1. The third-order valence-electron chi connectivity index (χ3n) is 2.25. The second-order valence-electron chi connectivity index (χ2n) is 3.49. The van der Waals surface area contributed by atoms with E-state index in [4.69, 9.17) is 4.74 Å². The zero-order valence-electron chi connectivity index (χ0n) is 9.53. The zero-order chi connectivity index (χ0) is 12.1. The summed E-state index contributed by atoms with van der Waals surface area (Å²) in [5, 5.41) is 3.17. The molecule has 1 radical (unpaired) electrons. The lowest BCUT2D eigenvalue weighted by Gasteiger charge is -2.11. The van der Waals surface area contributed by atoms with E-state index in [2.05, 4.69) is 11.4 Å². The van der Waals surface area contributed by atoms with Gasteiger partial charge in [-0.25, -0.2) is 4.39 Å². The summed E-state index contributed by atoms with van der Waals surface area (Å²) in [6.07, 6.45) is 0. The number of halogens is 1. The summed E-state index contributed by atoms with van der Waals surface area (Å²) >= 11 is 0. The van der Waals surface area contributed by atoms with Crippen LogP contribution in [0.4, 0.5) is 15.8 Å². The zero-order valence-corrected chi connectivity index (χ0v) is 9.53. The average Bonchev–Trinajstić information content (AvgIpc) is 2.35. The number of benzene rings is 2. The molecular weight excluding hydrogens is 217 g/mol. The summed E-state index contributed by atoms with van der Waals surface area (Å²) in [6.45, 7) is 2.52. The highest BCUT2D eigenvalue weighted by Crippen LogP contribution is 2.27. The normalized spacial score (nSPS) is 10.0. The minimum absolute atomic E-state index is 0.248. The highest BCUT2D eigenvalue weighted by atomic mass is 19.1. The smallest absolute Gasteiger partial charge is 0.143 e. The summed E-state index contributed by atoms with van der Waals surface area (Å²) in [5.74, 6) is 0.487. The Kier molecular flexibility index (Phi) is 3.60. The molecule has 0 unspecified atom stereocenters. The highest BCUT2D eigenvalue weighted by Gasteiger charge is 2.02. The second kappa shape index (κ2) is 5.34. The van der Waals surface area contributed by atoms with Crippen molar-refractivity contribution in [2.24, 2.45) is 0 Å². The van der Waals surface area contributed by atoms with Crippen molar-refractivity contribution in [2.45, 2.75) is 6.92 Å². The van der Waals surface area contributed by atoms with Crippen LogP contribution in [0.2, 0.25) is 0 Å². The number of anilines is 2. The van der Waals surface area contributed by atoms with Gasteiger partial charge in [-0.1, -0.05) is 6.07 Å². The summed E-state index contributed by atoms with van der Waals surface area (Å²) in [4.78, 5) is 0. The molecule has 0 spiro atoms. The largest absolute Gasteiger partial charge is 0.492 e. The molecule has 0 heterocycles. The predicted octanol–water partition coefficient (Wildman–Crippen LogP) is 3.77. The van der Waals surface area contributed by atoms with Gasteiger partial charge in [0.1, 0.15) is 11.6 Å².